The molecule has 2 aromatic rings. The molecular formula is C9H10BrN3. The fourth-order valence-electron chi connectivity index (χ4n) is 1.31. The summed E-state index contributed by atoms with van der Waals surface area (Å²) >= 11 is 3.47. The lowest BCUT2D eigenvalue weighted by molar-refractivity contribution is 0.823. The van der Waals surface area contributed by atoms with E-state index in [0.29, 0.717) is 5.92 Å². The van der Waals surface area contributed by atoms with Crippen molar-refractivity contribution < 1.29 is 0 Å². The molecule has 68 valence electrons. The number of halogens is 1. The van der Waals surface area contributed by atoms with E-state index in [2.05, 4.69) is 37.2 Å². The molecule has 0 bridgehead atoms. The molecule has 0 aliphatic carbocycles. The second-order valence-electron chi connectivity index (χ2n) is 3.04. The lowest BCUT2D eigenvalue weighted by atomic mass is 10.1. The summed E-state index contributed by atoms with van der Waals surface area (Å²) in [7, 11) is 0. The van der Waals surface area contributed by atoms with E-state index in [9.17, 15) is 0 Å². The molecule has 0 fully saturated rings. The number of imidazole rings is 1. The van der Waals surface area contributed by atoms with E-state index in [1.807, 2.05) is 12.4 Å². The molecule has 3 nitrogen and oxygen atoms in total. The Kier molecular flexibility index (Phi) is 2.31. The summed E-state index contributed by atoms with van der Waals surface area (Å²) in [6, 6.07) is 0. The Morgan fingerprint density at radius 3 is 3.15 bits per heavy atom. The Balaban J connectivity index is 2.57. The molecule has 1 atom stereocenters. The highest BCUT2D eigenvalue weighted by Gasteiger charge is 2.08. The SMILES string of the molecule is CC(CBr)c1cnc2cnccn12. The van der Waals surface area contributed by atoms with E-state index >= 15 is 0 Å². The number of alkyl halides is 1. The summed E-state index contributed by atoms with van der Waals surface area (Å²) in [6.07, 6.45) is 7.39. The smallest absolute Gasteiger partial charge is 0.155 e. The van der Waals surface area contributed by atoms with Crippen LogP contribution in [0.5, 0.6) is 0 Å². The zero-order valence-corrected chi connectivity index (χ0v) is 8.90. The predicted molar refractivity (Wildman–Crippen MR) is 55.2 cm³/mol. The number of rotatable bonds is 2. The molecular weight excluding hydrogens is 230 g/mol. The van der Waals surface area contributed by atoms with Crippen molar-refractivity contribution in [2.45, 2.75) is 12.8 Å². The minimum absolute atomic E-state index is 0.470. The lowest BCUT2D eigenvalue weighted by Crippen LogP contribution is -1.99. The molecule has 2 aromatic heterocycles. The molecule has 0 radical (unpaired) electrons. The third-order valence-corrected chi connectivity index (χ3v) is 3.05. The molecule has 0 aromatic carbocycles. The van der Waals surface area contributed by atoms with E-state index in [-0.39, 0.29) is 0 Å². The van der Waals surface area contributed by atoms with Crippen LogP contribution in [0.1, 0.15) is 18.5 Å². The van der Waals surface area contributed by atoms with Crippen LogP contribution in [0.15, 0.2) is 24.8 Å². The molecule has 4 heteroatoms. The highest BCUT2D eigenvalue weighted by molar-refractivity contribution is 9.09. The van der Waals surface area contributed by atoms with Gasteiger partial charge in [0.05, 0.1) is 6.20 Å². The van der Waals surface area contributed by atoms with Crippen LogP contribution < -0.4 is 0 Å². The predicted octanol–water partition coefficient (Wildman–Crippen LogP) is 2.23. The van der Waals surface area contributed by atoms with Gasteiger partial charge >= 0.3 is 0 Å². The van der Waals surface area contributed by atoms with Crippen LogP contribution >= 0.6 is 15.9 Å². The first-order valence-corrected chi connectivity index (χ1v) is 5.28. The van der Waals surface area contributed by atoms with Gasteiger partial charge in [-0.25, -0.2) is 4.98 Å². The zero-order chi connectivity index (χ0) is 9.26. The van der Waals surface area contributed by atoms with Gasteiger partial charge in [0.2, 0.25) is 0 Å². The van der Waals surface area contributed by atoms with Crippen molar-refractivity contribution in [2.24, 2.45) is 0 Å². The first-order chi connectivity index (χ1) is 6.33. The highest BCUT2D eigenvalue weighted by atomic mass is 79.9. The third-order valence-electron chi connectivity index (χ3n) is 2.08. The highest BCUT2D eigenvalue weighted by Crippen LogP contribution is 2.17. The number of fused-ring (bicyclic) bond motifs is 1. The summed E-state index contributed by atoms with van der Waals surface area (Å²) in [5.74, 6) is 0.470. The molecule has 0 N–H and O–H groups in total. The average molecular weight is 240 g/mol. The Bertz CT molecular complexity index is 410. The first kappa shape index (κ1) is 8.69. The van der Waals surface area contributed by atoms with E-state index < -0.39 is 0 Å². The van der Waals surface area contributed by atoms with Crippen molar-refractivity contribution in [3.63, 3.8) is 0 Å². The molecule has 0 aliphatic heterocycles. The van der Waals surface area contributed by atoms with Gasteiger partial charge < -0.3 is 4.40 Å². The van der Waals surface area contributed by atoms with Crippen molar-refractivity contribution in [3.8, 4) is 0 Å². The van der Waals surface area contributed by atoms with Gasteiger partial charge in [-0.05, 0) is 0 Å². The minimum atomic E-state index is 0.470. The van der Waals surface area contributed by atoms with E-state index in [4.69, 9.17) is 0 Å². The van der Waals surface area contributed by atoms with E-state index in [1.54, 1.807) is 12.4 Å². The molecule has 0 saturated carbocycles. The van der Waals surface area contributed by atoms with Gasteiger partial charge in [-0.3, -0.25) is 4.98 Å². The van der Waals surface area contributed by atoms with Crippen LogP contribution in [-0.4, -0.2) is 19.7 Å². The third kappa shape index (κ3) is 1.46. The van der Waals surface area contributed by atoms with Crippen LogP contribution in [0.25, 0.3) is 5.65 Å². The fraction of sp³-hybridized carbons (Fsp3) is 0.333. The second-order valence-corrected chi connectivity index (χ2v) is 3.69. The van der Waals surface area contributed by atoms with E-state index in [1.165, 1.54) is 5.69 Å². The number of aromatic nitrogens is 3. The molecule has 13 heavy (non-hydrogen) atoms. The quantitative estimate of drug-likeness (QED) is 0.753. The maximum Gasteiger partial charge on any atom is 0.155 e. The number of hydrogen-bond donors (Lipinski definition) is 0. The van der Waals surface area contributed by atoms with Gasteiger partial charge in [0.15, 0.2) is 5.65 Å². The Morgan fingerprint density at radius 1 is 1.54 bits per heavy atom. The normalized spacial score (nSPS) is 13.4. The fourth-order valence-corrected chi connectivity index (χ4v) is 1.64. The van der Waals surface area contributed by atoms with Crippen LogP contribution in [0.2, 0.25) is 0 Å². The van der Waals surface area contributed by atoms with Crippen molar-refractivity contribution in [2.75, 3.05) is 5.33 Å². The summed E-state index contributed by atoms with van der Waals surface area (Å²) in [5.41, 5.74) is 2.12. The Morgan fingerprint density at radius 2 is 2.38 bits per heavy atom. The van der Waals surface area contributed by atoms with Gasteiger partial charge in [0.25, 0.3) is 0 Å². The van der Waals surface area contributed by atoms with Crippen molar-refractivity contribution >= 4 is 21.6 Å². The van der Waals surface area contributed by atoms with Crippen LogP contribution in [0.3, 0.4) is 0 Å². The Hall–Kier alpha value is -0.900. The summed E-state index contributed by atoms with van der Waals surface area (Å²) in [6.45, 7) is 2.17. The second kappa shape index (κ2) is 3.46. The van der Waals surface area contributed by atoms with Crippen molar-refractivity contribution in [1.29, 1.82) is 0 Å². The van der Waals surface area contributed by atoms with E-state index in [0.717, 1.165) is 11.0 Å². The standard InChI is InChI=1S/C9H10BrN3/c1-7(4-10)8-5-12-9-6-11-2-3-13(8)9/h2-3,5-7H,4H2,1H3. The molecule has 2 heterocycles. The summed E-state index contributed by atoms with van der Waals surface area (Å²) in [5, 5.41) is 0.948. The van der Waals surface area contributed by atoms with Gasteiger partial charge in [-0.2, -0.15) is 0 Å². The number of nitrogens with zero attached hydrogens (tertiary/aromatic N) is 3. The van der Waals surface area contributed by atoms with Crippen molar-refractivity contribution in [3.05, 3.63) is 30.5 Å². The molecule has 2 rings (SSSR count). The Labute approximate surface area is 85.0 Å². The molecule has 0 saturated heterocycles. The zero-order valence-electron chi connectivity index (χ0n) is 7.31. The van der Waals surface area contributed by atoms with Crippen LogP contribution in [0, 0.1) is 0 Å². The average Bonchev–Trinajstić information content (AvgIpc) is 2.60. The number of hydrogen-bond acceptors (Lipinski definition) is 2. The molecule has 0 aliphatic rings. The summed E-state index contributed by atoms with van der Waals surface area (Å²) in [4.78, 5) is 8.28. The minimum Gasteiger partial charge on any atom is -0.301 e. The van der Waals surface area contributed by atoms with Crippen LogP contribution in [-0.2, 0) is 0 Å². The van der Waals surface area contributed by atoms with Gasteiger partial charge in [0, 0.05) is 35.5 Å². The molecule has 0 amide bonds. The van der Waals surface area contributed by atoms with Gasteiger partial charge in [0.1, 0.15) is 0 Å². The first-order valence-electron chi connectivity index (χ1n) is 4.16. The monoisotopic (exact) mass is 239 g/mol. The van der Waals surface area contributed by atoms with Gasteiger partial charge in [-0.1, -0.05) is 22.9 Å². The van der Waals surface area contributed by atoms with Crippen molar-refractivity contribution in [1.82, 2.24) is 14.4 Å². The lowest BCUT2D eigenvalue weighted by Gasteiger charge is -2.05. The topological polar surface area (TPSA) is 30.2 Å². The van der Waals surface area contributed by atoms with Crippen LogP contribution in [0.4, 0.5) is 0 Å². The maximum absolute atomic E-state index is 4.27. The maximum atomic E-state index is 4.27. The van der Waals surface area contributed by atoms with Gasteiger partial charge in [-0.15, -0.1) is 0 Å². The molecule has 1 unspecified atom stereocenters. The largest absolute Gasteiger partial charge is 0.301 e. The summed E-state index contributed by atoms with van der Waals surface area (Å²) < 4.78 is 2.07. The molecule has 0 spiro atoms.